The minimum atomic E-state index is 0.337. The van der Waals surface area contributed by atoms with Crippen molar-refractivity contribution in [3.63, 3.8) is 0 Å². The molecule has 10 aromatic carbocycles. The highest BCUT2D eigenvalue weighted by Crippen LogP contribution is 2.48. The maximum atomic E-state index is 2.59. The molecule has 2 heterocycles. The fourth-order valence-corrected chi connectivity index (χ4v) is 11.8. The molecular weight excluding hydrogens is 817 g/mol. The van der Waals surface area contributed by atoms with Crippen molar-refractivity contribution >= 4 is 86.6 Å². The van der Waals surface area contributed by atoms with E-state index in [4.69, 9.17) is 0 Å². The highest BCUT2D eigenvalue weighted by atomic mass is 32.1. The first-order valence-corrected chi connectivity index (χ1v) is 23.8. The third-order valence-corrected chi connectivity index (χ3v) is 15.0. The predicted octanol–water partition coefficient (Wildman–Crippen LogP) is 18.0. The second-order valence-corrected chi connectivity index (χ2v) is 18.7. The number of nitrogens with zero attached hydrogens (tertiary/aromatic N) is 2. The monoisotopic (exact) mass is 860 g/mol. The molecule has 0 aliphatic heterocycles. The van der Waals surface area contributed by atoms with Gasteiger partial charge in [0.15, 0.2) is 0 Å². The van der Waals surface area contributed by atoms with Gasteiger partial charge in [0.1, 0.15) is 0 Å². The Morgan fingerprint density at radius 2 is 1.05 bits per heavy atom. The summed E-state index contributed by atoms with van der Waals surface area (Å²) in [6.07, 6.45) is 3.45. The first-order chi connectivity index (χ1) is 32.6. The molecule has 2 aromatic heterocycles. The van der Waals surface area contributed by atoms with Gasteiger partial charge in [0.25, 0.3) is 0 Å². The minimum absolute atomic E-state index is 0.337. The first-order valence-electron chi connectivity index (χ1n) is 23.0. The maximum Gasteiger partial charge on any atom is 0.0637 e. The lowest BCUT2D eigenvalue weighted by Gasteiger charge is -2.28. The number of benzene rings is 10. The summed E-state index contributed by atoms with van der Waals surface area (Å²) in [4.78, 5) is 2.41. The zero-order valence-corrected chi connectivity index (χ0v) is 37.3. The van der Waals surface area contributed by atoms with E-state index in [0.29, 0.717) is 5.92 Å². The van der Waals surface area contributed by atoms with Gasteiger partial charge in [-0.05, 0) is 122 Å². The smallest absolute Gasteiger partial charge is 0.0637 e. The predicted molar refractivity (Wildman–Crippen MR) is 283 cm³/mol. The average molecular weight is 861 g/mol. The topological polar surface area (TPSA) is 8.17 Å². The Kier molecular flexibility index (Phi) is 9.11. The van der Waals surface area contributed by atoms with Crippen LogP contribution in [0.2, 0.25) is 0 Å². The molecule has 3 heteroatoms. The van der Waals surface area contributed by atoms with Crippen LogP contribution in [0.25, 0.3) is 86.1 Å². The third-order valence-electron chi connectivity index (χ3n) is 13.8. The van der Waals surface area contributed by atoms with Gasteiger partial charge in [-0.2, -0.15) is 0 Å². The molecule has 0 spiro atoms. The fourth-order valence-electron chi connectivity index (χ4n) is 10.6. The van der Waals surface area contributed by atoms with Crippen molar-refractivity contribution in [2.45, 2.75) is 19.3 Å². The number of aromatic nitrogens is 1. The second-order valence-electron chi connectivity index (χ2n) is 17.7. The van der Waals surface area contributed by atoms with Crippen LogP contribution in [0.1, 0.15) is 36.1 Å². The lowest BCUT2D eigenvalue weighted by atomic mass is 9.84. The molecule has 12 aromatic rings. The summed E-state index contributed by atoms with van der Waals surface area (Å²) in [6, 6.07) is 82.7. The van der Waals surface area contributed by atoms with Crippen molar-refractivity contribution in [2.75, 3.05) is 4.90 Å². The number of para-hydroxylation sites is 1. The molecule has 312 valence electrons. The van der Waals surface area contributed by atoms with Crippen LogP contribution < -0.4 is 4.90 Å². The van der Waals surface area contributed by atoms with Gasteiger partial charge in [0.05, 0.1) is 15.9 Å². The summed E-state index contributed by atoms with van der Waals surface area (Å²) >= 11 is 1.90. The first kappa shape index (κ1) is 38.5. The van der Waals surface area contributed by atoms with E-state index in [2.05, 4.69) is 247 Å². The zero-order chi connectivity index (χ0) is 43.7. The number of anilines is 3. The molecule has 0 amide bonds. The number of rotatable bonds is 7. The molecule has 1 aliphatic rings. The van der Waals surface area contributed by atoms with Crippen molar-refractivity contribution in [1.82, 2.24) is 4.57 Å². The Balaban J connectivity index is 0.930. The third kappa shape index (κ3) is 6.30. The van der Waals surface area contributed by atoms with E-state index in [9.17, 15) is 0 Å². The standard InChI is InChI=1S/C63H44N2S/c1-41-25-37-54(61-57-20-7-9-22-58(57)65(62(41)61)59-23-12-21-56-55-19-8-10-24-60(55)66-63(56)59)47-16-11-17-51(40-47)64(49-33-28-43(29-34-49)42-13-3-2-4-14-42)50-35-30-44(31-36-50)46-32-38-53-48(39-46)27-26-45-15-5-6-18-52(45)53/h2-24,26-41H,25H2,1H3. The van der Waals surface area contributed by atoms with Crippen LogP contribution in [0.4, 0.5) is 17.1 Å². The van der Waals surface area contributed by atoms with Gasteiger partial charge in [-0.3, -0.25) is 0 Å². The molecular formula is C63H44N2S. The van der Waals surface area contributed by atoms with Crippen molar-refractivity contribution in [1.29, 1.82) is 0 Å². The SMILES string of the molecule is CC1CC=C(c2cccc(N(c3ccc(-c4ccccc4)cc3)c3ccc(-c4ccc5c(ccc6ccccc65)c4)cc3)c2)c2c1n(-c1cccc3c1sc1ccccc13)c1ccccc21. The highest BCUT2D eigenvalue weighted by molar-refractivity contribution is 7.26. The fraction of sp³-hybridized carbons (Fsp3) is 0.0476. The Bertz CT molecular complexity index is 3850. The molecule has 13 rings (SSSR count). The van der Waals surface area contributed by atoms with E-state index in [1.54, 1.807) is 0 Å². The Morgan fingerprint density at radius 3 is 1.86 bits per heavy atom. The number of hydrogen-bond acceptors (Lipinski definition) is 2. The quantitative estimate of drug-likeness (QED) is 0.145. The summed E-state index contributed by atoms with van der Waals surface area (Å²) in [7, 11) is 0. The van der Waals surface area contributed by atoms with Gasteiger partial charge in [-0.15, -0.1) is 11.3 Å². The van der Waals surface area contributed by atoms with E-state index < -0.39 is 0 Å². The van der Waals surface area contributed by atoms with Crippen molar-refractivity contribution < 1.29 is 0 Å². The molecule has 0 fully saturated rings. The maximum absolute atomic E-state index is 2.59. The van der Waals surface area contributed by atoms with E-state index in [-0.39, 0.29) is 0 Å². The summed E-state index contributed by atoms with van der Waals surface area (Å²) in [5.41, 5.74) is 15.9. The summed E-state index contributed by atoms with van der Waals surface area (Å²) in [5.74, 6) is 0.337. The van der Waals surface area contributed by atoms with Crippen molar-refractivity contribution in [3.8, 4) is 27.9 Å². The van der Waals surface area contributed by atoms with Crippen LogP contribution in [-0.4, -0.2) is 4.57 Å². The Hall–Kier alpha value is -7.98. The Morgan fingerprint density at radius 1 is 0.439 bits per heavy atom. The van der Waals surface area contributed by atoms with Crippen LogP contribution in [0.15, 0.2) is 231 Å². The zero-order valence-electron chi connectivity index (χ0n) is 36.5. The average Bonchev–Trinajstić information content (AvgIpc) is 3.94. The number of fused-ring (bicyclic) bond motifs is 9. The van der Waals surface area contributed by atoms with Crippen LogP contribution in [0.5, 0.6) is 0 Å². The molecule has 0 bridgehead atoms. The van der Waals surface area contributed by atoms with Gasteiger partial charge in [0.2, 0.25) is 0 Å². The molecule has 1 atom stereocenters. The number of allylic oxidation sites excluding steroid dienone is 1. The molecule has 1 unspecified atom stereocenters. The molecule has 0 saturated heterocycles. The molecule has 0 saturated carbocycles. The van der Waals surface area contributed by atoms with Crippen molar-refractivity contribution in [2.24, 2.45) is 0 Å². The summed E-state index contributed by atoms with van der Waals surface area (Å²) < 4.78 is 5.25. The number of hydrogen-bond donors (Lipinski definition) is 0. The van der Waals surface area contributed by atoms with Gasteiger partial charge in [-0.25, -0.2) is 0 Å². The van der Waals surface area contributed by atoms with E-state index in [0.717, 1.165) is 23.5 Å². The largest absolute Gasteiger partial charge is 0.311 e. The van der Waals surface area contributed by atoms with Crippen LogP contribution in [0.3, 0.4) is 0 Å². The van der Waals surface area contributed by atoms with Gasteiger partial charge in [-0.1, -0.05) is 177 Å². The molecule has 0 radical (unpaired) electrons. The van der Waals surface area contributed by atoms with E-state index in [1.165, 1.54) is 103 Å². The van der Waals surface area contributed by atoms with Gasteiger partial charge < -0.3 is 9.47 Å². The molecule has 66 heavy (non-hydrogen) atoms. The van der Waals surface area contributed by atoms with Crippen molar-refractivity contribution in [3.05, 3.63) is 247 Å². The molecule has 2 nitrogen and oxygen atoms in total. The Labute approximate surface area is 388 Å². The number of thiophene rings is 1. The summed E-state index contributed by atoms with van der Waals surface area (Å²) in [6.45, 7) is 2.40. The second kappa shape index (κ2) is 15.6. The summed E-state index contributed by atoms with van der Waals surface area (Å²) in [5, 5.41) is 9.03. The van der Waals surface area contributed by atoms with Gasteiger partial charge >= 0.3 is 0 Å². The lowest BCUT2D eigenvalue weighted by Crippen LogP contribution is -2.11. The van der Waals surface area contributed by atoms with E-state index >= 15 is 0 Å². The van der Waals surface area contributed by atoms with Crippen LogP contribution in [0, 0.1) is 0 Å². The van der Waals surface area contributed by atoms with Gasteiger partial charge in [0, 0.05) is 55.1 Å². The van der Waals surface area contributed by atoms with E-state index in [1.807, 2.05) is 11.3 Å². The van der Waals surface area contributed by atoms with Crippen LogP contribution in [-0.2, 0) is 0 Å². The molecule has 0 N–H and O–H groups in total. The molecule has 1 aliphatic carbocycles. The highest BCUT2D eigenvalue weighted by Gasteiger charge is 2.29. The lowest BCUT2D eigenvalue weighted by molar-refractivity contribution is 0.722. The minimum Gasteiger partial charge on any atom is -0.311 e. The normalized spacial score (nSPS) is 13.7. The van der Waals surface area contributed by atoms with Crippen LogP contribution >= 0.6 is 11.3 Å².